The summed E-state index contributed by atoms with van der Waals surface area (Å²) in [7, 11) is 0. The first-order chi connectivity index (χ1) is 9.62. The third-order valence-corrected chi connectivity index (χ3v) is 2.71. The zero-order valence-corrected chi connectivity index (χ0v) is 11.7. The van der Waals surface area contributed by atoms with Gasteiger partial charge in [0, 0.05) is 18.3 Å². The summed E-state index contributed by atoms with van der Waals surface area (Å²) in [4.78, 5) is 11.8. The predicted molar refractivity (Wildman–Crippen MR) is 77.0 cm³/mol. The number of carbonyl (C=O) groups is 1. The summed E-state index contributed by atoms with van der Waals surface area (Å²) < 4.78 is 0. The van der Waals surface area contributed by atoms with Crippen LogP contribution in [-0.4, -0.2) is 12.5 Å². The fourth-order valence-corrected chi connectivity index (χ4v) is 1.53. The fraction of sp³-hybridized carbons (Fsp3) is 0.214. The van der Waals surface area contributed by atoms with Gasteiger partial charge < -0.3 is 10.6 Å². The van der Waals surface area contributed by atoms with E-state index in [1.165, 1.54) is 6.20 Å². The Balaban J connectivity index is 2.93. The SMILES string of the molecule is CCCNC(=O)c1ccc(Cl)c(NC=C(C#N)C#N)c1. The Morgan fingerprint density at radius 2 is 2.10 bits per heavy atom. The molecule has 0 saturated carbocycles. The van der Waals surface area contributed by atoms with Crippen molar-refractivity contribution >= 4 is 23.2 Å². The topological polar surface area (TPSA) is 88.7 Å². The monoisotopic (exact) mass is 288 g/mol. The van der Waals surface area contributed by atoms with Gasteiger partial charge >= 0.3 is 0 Å². The molecule has 1 amide bonds. The van der Waals surface area contributed by atoms with E-state index in [9.17, 15) is 4.79 Å². The van der Waals surface area contributed by atoms with Crippen LogP contribution in [0.4, 0.5) is 5.69 Å². The normalized spacial score (nSPS) is 9.00. The molecule has 0 aliphatic rings. The van der Waals surface area contributed by atoms with Crippen LogP contribution in [0, 0.1) is 22.7 Å². The van der Waals surface area contributed by atoms with Crippen molar-refractivity contribution in [1.29, 1.82) is 10.5 Å². The van der Waals surface area contributed by atoms with Gasteiger partial charge in [-0.05, 0) is 24.6 Å². The van der Waals surface area contributed by atoms with Gasteiger partial charge in [0.1, 0.15) is 17.7 Å². The van der Waals surface area contributed by atoms with Crippen LogP contribution < -0.4 is 10.6 Å². The molecule has 0 spiro atoms. The highest BCUT2D eigenvalue weighted by atomic mass is 35.5. The van der Waals surface area contributed by atoms with Gasteiger partial charge in [-0.1, -0.05) is 18.5 Å². The summed E-state index contributed by atoms with van der Waals surface area (Å²) >= 11 is 5.99. The highest BCUT2D eigenvalue weighted by Crippen LogP contribution is 2.23. The van der Waals surface area contributed by atoms with Crippen LogP contribution in [0.15, 0.2) is 30.0 Å². The number of hydrogen-bond acceptors (Lipinski definition) is 4. The van der Waals surface area contributed by atoms with E-state index in [2.05, 4.69) is 10.6 Å². The second kappa shape index (κ2) is 7.83. The molecule has 0 unspecified atom stereocenters. The van der Waals surface area contributed by atoms with Crippen molar-refractivity contribution in [3.05, 3.63) is 40.6 Å². The van der Waals surface area contributed by atoms with Crippen LogP contribution in [0.5, 0.6) is 0 Å². The lowest BCUT2D eigenvalue weighted by Crippen LogP contribution is -2.23. The molecule has 0 aliphatic heterocycles. The molecule has 0 saturated heterocycles. The van der Waals surface area contributed by atoms with Gasteiger partial charge in [-0.15, -0.1) is 0 Å². The molecular formula is C14H13ClN4O. The Morgan fingerprint density at radius 3 is 2.70 bits per heavy atom. The van der Waals surface area contributed by atoms with E-state index >= 15 is 0 Å². The third-order valence-electron chi connectivity index (χ3n) is 2.38. The number of rotatable bonds is 5. The Hall–Kier alpha value is -2.50. The molecule has 102 valence electrons. The maximum atomic E-state index is 11.8. The summed E-state index contributed by atoms with van der Waals surface area (Å²) in [5, 5.41) is 23.2. The first kappa shape index (κ1) is 15.6. The summed E-state index contributed by atoms with van der Waals surface area (Å²) in [5.41, 5.74) is 0.829. The van der Waals surface area contributed by atoms with Crippen molar-refractivity contribution in [2.75, 3.05) is 11.9 Å². The third kappa shape index (κ3) is 4.31. The van der Waals surface area contributed by atoms with E-state index in [0.717, 1.165) is 6.42 Å². The lowest BCUT2D eigenvalue weighted by atomic mass is 10.2. The Labute approximate surface area is 122 Å². The van der Waals surface area contributed by atoms with E-state index < -0.39 is 0 Å². The molecule has 1 rings (SSSR count). The number of nitrogens with one attached hydrogen (secondary N) is 2. The van der Waals surface area contributed by atoms with E-state index in [4.69, 9.17) is 22.1 Å². The highest BCUT2D eigenvalue weighted by Gasteiger charge is 2.08. The van der Waals surface area contributed by atoms with Gasteiger partial charge in [0.15, 0.2) is 0 Å². The lowest BCUT2D eigenvalue weighted by molar-refractivity contribution is 0.0953. The predicted octanol–water partition coefficient (Wildman–Crippen LogP) is 2.82. The fourth-order valence-electron chi connectivity index (χ4n) is 1.36. The molecule has 1 aromatic rings. The highest BCUT2D eigenvalue weighted by molar-refractivity contribution is 6.33. The number of carbonyl (C=O) groups excluding carboxylic acids is 1. The van der Waals surface area contributed by atoms with Crippen molar-refractivity contribution in [2.24, 2.45) is 0 Å². The van der Waals surface area contributed by atoms with Crippen molar-refractivity contribution in [1.82, 2.24) is 5.32 Å². The molecular weight excluding hydrogens is 276 g/mol. The quantitative estimate of drug-likeness (QED) is 0.815. The average Bonchev–Trinajstić information content (AvgIpc) is 2.47. The van der Waals surface area contributed by atoms with Crippen LogP contribution in [0.1, 0.15) is 23.7 Å². The lowest BCUT2D eigenvalue weighted by Gasteiger charge is -2.08. The number of halogens is 1. The molecule has 0 aromatic heterocycles. The summed E-state index contributed by atoms with van der Waals surface area (Å²) in [6, 6.07) is 8.20. The second-order valence-electron chi connectivity index (χ2n) is 3.88. The van der Waals surface area contributed by atoms with Gasteiger partial charge in [-0.2, -0.15) is 10.5 Å². The smallest absolute Gasteiger partial charge is 0.251 e. The van der Waals surface area contributed by atoms with Gasteiger partial charge in [-0.3, -0.25) is 4.79 Å². The molecule has 0 heterocycles. The van der Waals surface area contributed by atoms with Gasteiger partial charge in [0.25, 0.3) is 5.91 Å². The van der Waals surface area contributed by atoms with Gasteiger partial charge in [0.2, 0.25) is 0 Å². The molecule has 1 aromatic carbocycles. The number of nitrogens with zero attached hydrogens (tertiary/aromatic N) is 2. The number of anilines is 1. The number of benzene rings is 1. The Bertz CT molecular complexity index is 595. The number of nitriles is 2. The van der Waals surface area contributed by atoms with Crippen LogP contribution in [0.2, 0.25) is 5.02 Å². The van der Waals surface area contributed by atoms with E-state index in [1.807, 2.05) is 6.92 Å². The molecule has 0 atom stereocenters. The molecule has 0 bridgehead atoms. The number of allylic oxidation sites excluding steroid dienone is 1. The van der Waals surface area contributed by atoms with Crippen molar-refractivity contribution in [3.63, 3.8) is 0 Å². The van der Waals surface area contributed by atoms with Crippen molar-refractivity contribution < 1.29 is 4.79 Å². The molecule has 20 heavy (non-hydrogen) atoms. The Morgan fingerprint density at radius 1 is 1.40 bits per heavy atom. The molecule has 5 nitrogen and oxygen atoms in total. The van der Waals surface area contributed by atoms with E-state index in [-0.39, 0.29) is 11.5 Å². The van der Waals surface area contributed by atoms with Crippen molar-refractivity contribution in [2.45, 2.75) is 13.3 Å². The minimum absolute atomic E-state index is 0.0816. The van der Waals surface area contributed by atoms with E-state index in [0.29, 0.717) is 22.8 Å². The average molecular weight is 289 g/mol. The number of hydrogen-bond donors (Lipinski definition) is 2. The zero-order valence-electron chi connectivity index (χ0n) is 10.9. The van der Waals surface area contributed by atoms with Gasteiger partial charge in [0.05, 0.1) is 10.7 Å². The van der Waals surface area contributed by atoms with Crippen LogP contribution >= 0.6 is 11.6 Å². The van der Waals surface area contributed by atoms with Crippen LogP contribution in [0.3, 0.4) is 0 Å². The van der Waals surface area contributed by atoms with Crippen LogP contribution in [-0.2, 0) is 0 Å². The summed E-state index contributed by atoms with van der Waals surface area (Å²) in [5.74, 6) is -0.198. The standard InChI is InChI=1S/C14H13ClN4O/c1-2-5-18-14(20)11-3-4-12(15)13(6-11)19-9-10(7-16)8-17/h3-4,6,9,19H,2,5H2,1H3,(H,18,20). The van der Waals surface area contributed by atoms with E-state index in [1.54, 1.807) is 30.3 Å². The van der Waals surface area contributed by atoms with Crippen LogP contribution in [0.25, 0.3) is 0 Å². The summed E-state index contributed by atoms with van der Waals surface area (Å²) in [6.45, 7) is 2.56. The molecule has 0 aliphatic carbocycles. The largest absolute Gasteiger partial charge is 0.359 e. The maximum absolute atomic E-state index is 11.8. The first-order valence-corrected chi connectivity index (χ1v) is 6.34. The van der Waals surface area contributed by atoms with Crippen molar-refractivity contribution in [3.8, 4) is 12.1 Å². The number of amides is 1. The maximum Gasteiger partial charge on any atom is 0.251 e. The summed E-state index contributed by atoms with van der Waals surface area (Å²) in [6.07, 6.45) is 2.09. The molecule has 0 fully saturated rings. The molecule has 0 radical (unpaired) electrons. The Kier molecular flexibility index (Phi) is 6.09. The minimum Gasteiger partial charge on any atom is -0.359 e. The first-order valence-electron chi connectivity index (χ1n) is 5.97. The molecule has 2 N–H and O–H groups in total. The minimum atomic E-state index is -0.198. The zero-order chi connectivity index (χ0) is 15.0. The van der Waals surface area contributed by atoms with Gasteiger partial charge in [-0.25, -0.2) is 0 Å². The molecule has 6 heteroatoms. The second-order valence-corrected chi connectivity index (χ2v) is 4.28.